The van der Waals surface area contributed by atoms with Crippen LogP contribution < -0.4 is 16.6 Å². The van der Waals surface area contributed by atoms with Crippen LogP contribution in [0.4, 0.5) is 5.82 Å². The Bertz CT molecular complexity index is 1030. The molecule has 8 nitrogen and oxygen atoms in total. The molecule has 2 heterocycles. The van der Waals surface area contributed by atoms with Crippen LogP contribution in [0.2, 0.25) is 0 Å². The number of hydrogen-bond donors (Lipinski definition) is 3. The van der Waals surface area contributed by atoms with E-state index in [1.165, 1.54) is 9.08 Å². The van der Waals surface area contributed by atoms with Crippen LogP contribution in [0.1, 0.15) is 62.4 Å². The van der Waals surface area contributed by atoms with Crippen LogP contribution in [0.15, 0.2) is 10.9 Å². The van der Waals surface area contributed by atoms with Crippen LogP contribution in [0.25, 0.3) is 11.7 Å². The van der Waals surface area contributed by atoms with E-state index >= 15 is 0 Å². The molecule has 0 unspecified atom stereocenters. The number of hydrogen-bond acceptors (Lipinski definition) is 5. The lowest BCUT2D eigenvalue weighted by Crippen LogP contribution is -2.37. The zero-order chi connectivity index (χ0) is 20.2. The highest BCUT2D eigenvalue weighted by molar-refractivity contribution is 5.97. The van der Waals surface area contributed by atoms with E-state index in [2.05, 4.69) is 16.5 Å². The normalized spacial score (nSPS) is 17.5. The predicted molar refractivity (Wildman–Crippen MR) is 107 cm³/mol. The quantitative estimate of drug-likeness (QED) is 0.729. The molecule has 2 fully saturated rings. The van der Waals surface area contributed by atoms with Crippen molar-refractivity contribution in [3.63, 3.8) is 0 Å². The molecule has 0 saturated heterocycles. The molecular weight excluding hydrogens is 358 g/mol. The number of fused-ring (bicyclic) bond motifs is 1. The first-order valence-corrected chi connectivity index (χ1v) is 9.79. The summed E-state index contributed by atoms with van der Waals surface area (Å²) in [7, 11) is 0. The summed E-state index contributed by atoms with van der Waals surface area (Å²) in [5.41, 5.74) is 6.07. The number of carbonyl (C=O) groups excluding carboxylic acids is 1. The van der Waals surface area contributed by atoms with Gasteiger partial charge in [-0.25, -0.2) is 0 Å². The van der Waals surface area contributed by atoms with Gasteiger partial charge in [-0.15, -0.1) is 5.10 Å². The van der Waals surface area contributed by atoms with Crippen LogP contribution in [0, 0.1) is 11.3 Å². The summed E-state index contributed by atoms with van der Waals surface area (Å²) in [5, 5.41) is 17.7. The van der Waals surface area contributed by atoms with E-state index in [1.807, 2.05) is 26.8 Å². The van der Waals surface area contributed by atoms with Gasteiger partial charge in [0.25, 0.3) is 11.5 Å². The van der Waals surface area contributed by atoms with Gasteiger partial charge in [-0.3, -0.25) is 14.2 Å². The first-order chi connectivity index (χ1) is 13.2. The first kappa shape index (κ1) is 18.6. The Morgan fingerprint density at radius 2 is 2.00 bits per heavy atom. The fourth-order valence-corrected chi connectivity index (χ4v) is 3.26. The van der Waals surface area contributed by atoms with Crippen LogP contribution in [-0.2, 0) is 6.54 Å². The molecule has 150 valence electrons. The maximum absolute atomic E-state index is 13.3. The lowest BCUT2D eigenvalue weighted by Gasteiger charge is -2.22. The molecule has 0 radical (unpaired) electrons. The molecule has 2 aromatic heterocycles. The number of carbonyl (C=O) groups is 1. The molecule has 4 N–H and O–H groups in total. The summed E-state index contributed by atoms with van der Waals surface area (Å²) in [6.45, 7) is 6.37. The van der Waals surface area contributed by atoms with Gasteiger partial charge in [-0.2, -0.15) is 4.52 Å². The highest BCUT2D eigenvalue weighted by Crippen LogP contribution is 2.33. The van der Waals surface area contributed by atoms with Crippen molar-refractivity contribution in [2.45, 2.75) is 59.0 Å². The molecule has 4 rings (SSSR count). The third-order valence-electron chi connectivity index (χ3n) is 4.99. The molecule has 0 aliphatic heterocycles. The maximum Gasteiger partial charge on any atom is 0.270 e. The molecule has 2 aliphatic carbocycles. The molecule has 2 aromatic rings. The average Bonchev–Trinajstić information content (AvgIpc) is 3.50. The zero-order valence-electron chi connectivity index (χ0n) is 16.5. The molecule has 28 heavy (non-hydrogen) atoms. The van der Waals surface area contributed by atoms with Crippen molar-refractivity contribution in [2.24, 2.45) is 11.3 Å². The van der Waals surface area contributed by atoms with E-state index in [4.69, 9.17) is 5.73 Å². The Kier molecular flexibility index (Phi) is 4.24. The number of allylic oxidation sites excluding steroid dienone is 1. The minimum atomic E-state index is -0.571. The number of aromatic nitrogens is 3. The minimum absolute atomic E-state index is 0.0674. The molecule has 2 aliphatic rings. The van der Waals surface area contributed by atoms with Gasteiger partial charge in [-0.05, 0) is 37.0 Å². The fraction of sp³-hybridized carbons (Fsp3) is 0.550. The smallest absolute Gasteiger partial charge is 0.270 e. The van der Waals surface area contributed by atoms with Crippen molar-refractivity contribution in [3.8, 4) is 5.88 Å². The van der Waals surface area contributed by atoms with Crippen molar-refractivity contribution in [3.05, 3.63) is 27.6 Å². The molecule has 8 heteroatoms. The summed E-state index contributed by atoms with van der Waals surface area (Å²) in [6, 6.07) is 0.0674. The van der Waals surface area contributed by atoms with Gasteiger partial charge in [0.15, 0.2) is 17.0 Å². The Hall–Kier alpha value is -2.77. The topological polar surface area (TPSA) is 115 Å². The highest BCUT2D eigenvalue weighted by atomic mass is 16.3. The average molecular weight is 385 g/mol. The second-order valence-electron chi connectivity index (χ2n) is 9.13. The van der Waals surface area contributed by atoms with E-state index in [0.29, 0.717) is 23.7 Å². The Balaban J connectivity index is 1.94. The summed E-state index contributed by atoms with van der Waals surface area (Å²) >= 11 is 0. The third kappa shape index (κ3) is 3.50. The second-order valence-corrected chi connectivity index (χ2v) is 9.13. The zero-order valence-corrected chi connectivity index (χ0v) is 16.5. The first-order valence-electron chi connectivity index (χ1n) is 9.79. The van der Waals surface area contributed by atoms with Crippen molar-refractivity contribution in [2.75, 3.05) is 5.73 Å². The standard InChI is InChI=1S/C20H27N5O3/c1-20(2,3)10-24-17-13(9-6-11-4-5-11)15(21)23-25(17)19(28)14(18(24)27)16(26)22-12-7-8-12/h6,9,11-12,28H,4-5,7-8,10H2,1-3H3,(H2,21,23)(H,22,26)/b9-6+. The van der Waals surface area contributed by atoms with Crippen molar-refractivity contribution >= 4 is 23.4 Å². The van der Waals surface area contributed by atoms with Gasteiger partial charge in [0.1, 0.15) is 0 Å². The number of nitrogens with one attached hydrogen (secondary N) is 1. The van der Waals surface area contributed by atoms with Gasteiger partial charge in [0, 0.05) is 12.6 Å². The number of anilines is 1. The lowest BCUT2D eigenvalue weighted by atomic mass is 9.96. The maximum atomic E-state index is 13.3. The third-order valence-corrected chi connectivity index (χ3v) is 4.99. The summed E-state index contributed by atoms with van der Waals surface area (Å²) in [4.78, 5) is 25.9. The van der Waals surface area contributed by atoms with Gasteiger partial charge >= 0.3 is 0 Å². The number of aromatic hydroxyl groups is 1. The van der Waals surface area contributed by atoms with Gasteiger partial charge < -0.3 is 16.2 Å². The van der Waals surface area contributed by atoms with Crippen LogP contribution in [0.5, 0.6) is 5.88 Å². The van der Waals surface area contributed by atoms with Crippen molar-refractivity contribution < 1.29 is 9.90 Å². The summed E-state index contributed by atoms with van der Waals surface area (Å²) in [6.07, 6.45) is 7.98. The van der Waals surface area contributed by atoms with E-state index in [0.717, 1.165) is 25.7 Å². The molecule has 0 atom stereocenters. The molecule has 2 saturated carbocycles. The van der Waals surface area contributed by atoms with Gasteiger partial charge in [0.05, 0.1) is 5.56 Å². The fourth-order valence-electron chi connectivity index (χ4n) is 3.26. The lowest BCUT2D eigenvalue weighted by molar-refractivity contribution is 0.0944. The Morgan fingerprint density at radius 1 is 1.32 bits per heavy atom. The number of rotatable bonds is 5. The number of nitrogen functional groups attached to an aromatic ring is 1. The molecular formula is C20H27N5O3. The Morgan fingerprint density at radius 3 is 2.57 bits per heavy atom. The van der Waals surface area contributed by atoms with Crippen molar-refractivity contribution in [1.82, 2.24) is 19.5 Å². The largest absolute Gasteiger partial charge is 0.492 e. The van der Waals surface area contributed by atoms with E-state index < -0.39 is 17.3 Å². The van der Waals surface area contributed by atoms with E-state index in [-0.39, 0.29) is 22.8 Å². The second kappa shape index (κ2) is 6.39. The molecule has 1 amide bonds. The SMILES string of the molecule is CC(C)(C)Cn1c(=O)c(C(=O)NC2CC2)c(O)n2nc(N)c(/C=C/C3CC3)c12. The van der Waals surface area contributed by atoms with Gasteiger partial charge in [-0.1, -0.05) is 32.9 Å². The van der Waals surface area contributed by atoms with E-state index in [1.54, 1.807) is 0 Å². The molecule has 0 spiro atoms. The Labute approximate surface area is 163 Å². The monoisotopic (exact) mass is 385 g/mol. The van der Waals surface area contributed by atoms with Crippen LogP contribution in [-0.4, -0.2) is 31.2 Å². The van der Waals surface area contributed by atoms with Gasteiger partial charge in [0.2, 0.25) is 5.88 Å². The summed E-state index contributed by atoms with van der Waals surface area (Å²) in [5.74, 6) is -0.303. The van der Waals surface area contributed by atoms with Crippen LogP contribution in [0.3, 0.4) is 0 Å². The van der Waals surface area contributed by atoms with Crippen molar-refractivity contribution in [1.29, 1.82) is 0 Å². The predicted octanol–water partition coefficient (Wildman–Crippen LogP) is 2.15. The number of amides is 1. The minimum Gasteiger partial charge on any atom is -0.492 e. The number of nitrogens with zero attached hydrogens (tertiary/aromatic N) is 3. The highest BCUT2D eigenvalue weighted by Gasteiger charge is 2.31. The van der Waals surface area contributed by atoms with E-state index in [9.17, 15) is 14.7 Å². The van der Waals surface area contributed by atoms with Crippen LogP contribution >= 0.6 is 0 Å². The molecule has 0 aromatic carbocycles. The molecule has 0 bridgehead atoms. The summed E-state index contributed by atoms with van der Waals surface area (Å²) < 4.78 is 2.73. The number of nitrogens with two attached hydrogens (primary N) is 1.